The summed E-state index contributed by atoms with van der Waals surface area (Å²) in [5.74, 6) is 0.934. The summed E-state index contributed by atoms with van der Waals surface area (Å²) in [5.41, 5.74) is 5.64. The van der Waals surface area contributed by atoms with Crippen LogP contribution in [0.5, 0.6) is 0 Å². The maximum atomic E-state index is 11.6. The number of hydrogen-bond donors (Lipinski definition) is 2. The quantitative estimate of drug-likeness (QED) is 0.586. The van der Waals surface area contributed by atoms with Gasteiger partial charge in [-0.3, -0.25) is 14.8 Å². The molecule has 3 rings (SSSR count). The average Bonchev–Trinajstić information content (AvgIpc) is 3.20. The highest BCUT2D eigenvalue weighted by Gasteiger charge is 2.19. The van der Waals surface area contributed by atoms with Crippen LogP contribution < -0.4 is 10.7 Å². The highest BCUT2D eigenvalue weighted by atomic mass is 16.2. The summed E-state index contributed by atoms with van der Waals surface area (Å²) in [6.45, 7) is 5.39. The Morgan fingerprint density at radius 2 is 2.19 bits per heavy atom. The number of carbonyl (C=O) groups excluding carboxylic acids is 1. The number of amidine groups is 1. The minimum atomic E-state index is -0.0981. The van der Waals surface area contributed by atoms with Gasteiger partial charge in [0.1, 0.15) is 0 Å². The summed E-state index contributed by atoms with van der Waals surface area (Å²) in [7, 11) is 0. The Morgan fingerprint density at radius 3 is 2.89 bits per heavy atom. The van der Waals surface area contributed by atoms with Crippen molar-refractivity contribution in [1.29, 1.82) is 0 Å². The van der Waals surface area contributed by atoms with E-state index in [2.05, 4.69) is 38.0 Å². The topological polar surface area (TPSA) is 78.7 Å². The number of nitrogens with one attached hydrogen (secondary N) is 2. The smallest absolute Gasteiger partial charge is 0.242 e. The van der Waals surface area contributed by atoms with Crippen molar-refractivity contribution >= 4 is 18.0 Å². The number of hydrogen-bond acceptors (Lipinski definition) is 5. The van der Waals surface area contributed by atoms with Gasteiger partial charge in [0.05, 0.1) is 18.6 Å². The molecule has 1 aliphatic heterocycles. The number of carbonyl (C=O) groups is 1. The van der Waals surface area contributed by atoms with Crippen LogP contribution in [0.15, 0.2) is 58.8 Å². The van der Waals surface area contributed by atoms with Crippen molar-refractivity contribution in [2.45, 2.75) is 26.2 Å². The van der Waals surface area contributed by atoms with Crippen LogP contribution in [0.2, 0.25) is 0 Å². The molecule has 1 amide bonds. The molecule has 1 aromatic carbocycles. The van der Waals surface area contributed by atoms with Gasteiger partial charge in [-0.1, -0.05) is 38.1 Å². The van der Waals surface area contributed by atoms with Crippen molar-refractivity contribution < 1.29 is 4.79 Å². The normalized spacial score (nSPS) is 14.9. The fraction of sp³-hybridized carbons (Fsp3) is 0.333. The Bertz CT molecular complexity index is 829. The van der Waals surface area contributed by atoms with Gasteiger partial charge < -0.3 is 5.32 Å². The molecule has 2 aromatic rings. The van der Waals surface area contributed by atoms with Crippen molar-refractivity contribution in [3.8, 4) is 0 Å². The lowest BCUT2D eigenvalue weighted by atomic mass is 9.90. The van der Waals surface area contributed by atoms with Crippen LogP contribution in [0.3, 0.4) is 0 Å². The molecule has 6 nitrogen and oxygen atoms in total. The molecule has 6 heteroatoms. The Kier molecular flexibility index (Phi) is 6.30. The van der Waals surface area contributed by atoms with E-state index in [1.807, 2.05) is 50.4 Å². The van der Waals surface area contributed by atoms with Gasteiger partial charge in [-0.2, -0.15) is 5.10 Å². The second-order valence-corrected chi connectivity index (χ2v) is 6.83. The molecule has 0 spiro atoms. The molecule has 1 unspecified atom stereocenters. The van der Waals surface area contributed by atoms with Gasteiger partial charge in [0, 0.05) is 36.7 Å². The van der Waals surface area contributed by atoms with Gasteiger partial charge in [-0.05, 0) is 29.3 Å². The number of pyridine rings is 1. The summed E-state index contributed by atoms with van der Waals surface area (Å²) in [6.07, 6.45) is 4.27. The summed E-state index contributed by atoms with van der Waals surface area (Å²) in [4.78, 5) is 20.7. The Hall–Kier alpha value is -3.02. The largest absolute Gasteiger partial charge is 0.372 e. The molecule has 1 atom stereocenters. The molecular formula is C21H25N5O. The van der Waals surface area contributed by atoms with Gasteiger partial charge in [0.25, 0.3) is 0 Å². The zero-order valence-corrected chi connectivity index (χ0v) is 15.7. The second-order valence-electron chi connectivity index (χ2n) is 6.83. The number of rotatable bonds is 7. The minimum absolute atomic E-state index is 0.0956. The first-order valence-corrected chi connectivity index (χ1v) is 9.24. The van der Waals surface area contributed by atoms with Crippen molar-refractivity contribution in [2.24, 2.45) is 16.0 Å². The molecule has 1 aliphatic rings. The minimum Gasteiger partial charge on any atom is -0.372 e. The van der Waals surface area contributed by atoms with Crippen LogP contribution in [0.4, 0.5) is 0 Å². The second kappa shape index (κ2) is 9.07. The van der Waals surface area contributed by atoms with Crippen LogP contribution in [0.1, 0.15) is 43.0 Å². The fourth-order valence-electron chi connectivity index (χ4n) is 2.91. The van der Waals surface area contributed by atoms with Crippen molar-refractivity contribution in [1.82, 2.24) is 15.7 Å². The monoisotopic (exact) mass is 363 g/mol. The third kappa shape index (κ3) is 5.23. The lowest BCUT2D eigenvalue weighted by molar-refractivity contribution is -0.123. The summed E-state index contributed by atoms with van der Waals surface area (Å²) < 4.78 is 0. The Balaban J connectivity index is 1.82. The van der Waals surface area contributed by atoms with E-state index >= 15 is 0 Å². The highest BCUT2D eigenvalue weighted by molar-refractivity contribution is 5.85. The van der Waals surface area contributed by atoms with E-state index in [9.17, 15) is 4.79 Å². The average molecular weight is 363 g/mol. The maximum Gasteiger partial charge on any atom is 0.242 e. The number of amides is 1. The van der Waals surface area contributed by atoms with E-state index in [1.165, 1.54) is 0 Å². The molecule has 1 aromatic heterocycles. The SMILES string of the molecule is CC(C)C(=O)NN=Cc1cccc(C(CC2=NCCN2)c2ccccn2)c1. The van der Waals surface area contributed by atoms with Crippen LogP contribution in [-0.2, 0) is 4.79 Å². The molecule has 0 fully saturated rings. The molecule has 0 radical (unpaired) electrons. The Morgan fingerprint density at radius 1 is 1.30 bits per heavy atom. The lowest BCUT2D eigenvalue weighted by Crippen LogP contribution is -2.22. The van der Waals surface area contributed by atoms with E-state index in [4.69, 9.17) is 0 Å². The van der Waals surface area contributed by atoms with Crippen LogP contribution in [-0.4, -0.2) is 36.0 Å². The Labute approximate surface area is 159 Å². The molecule has 2 N–H and O–H groups in total. The lowest BCUT2D eigenvalue weighted by Gasteiger charge is -2.18. The zero-order valence-electron chi connectivity index (χ0n) is 15.7. The number of hydrazone groups is 1. The molecular weight excluding hydrogens is 338 g/mol. The van der Waals surface area contributed by atoms with Gasteiger partial charge in [-0.15, -0.1) is 0 Å². The van der Waals surface area contributed by atoms with Crippen LogP contribution in [0.25, 0.3) is 0 Å². The van der Waals surface area contributed by atoms with E-state index in [1.54, 1.807) is 6.21 Å². The van der Waals surface area contributed by atoms with Gasteiger partial charge in [0.15, 0.2) is 0 Å². The van der Waals surface area contributed by atoms with Gasteiger partial charge in [-0.25, -0.2) is 5.43 Å². The molecule has 0 saturated heterocycles. The standard InChI is InChI=1S/C21H25N5O/c1-15(2)21(27)26-25-14-16-6-5-7-17(12-16)18(13-20-23-10-11-24-20)19-8-3-4-9-22-19/h3-9,12,14-15,18H,10-11,13H2,1-2H3,(H,23,24)(H,26,27). The predicted molar refractivity (Wildman–Crippen MR) is 108 cm³/mol. The van der Waals surface area contributed by atoms with Crippen LogP contribution >= 0.6 is 0 Å². The van der Waals surface area contributed by atoms with Crippen molar-refractivity contribution in [3.05, 3.63) is 65.5 Å². The van der Waals surface area contributed by atoms with E-state index in [-0.39, 0.29) is 17.7 Å². The van der Waals surface area contributed by atoms with Gasteiger partial charge >= 0.3 is 0 Å². The summed E-state index contributed by atoms with van der Waals surface area (Å²) in [6, 6.07) is 14.1. The third-order valence-corrected chi connectivity index (χ3v) is 4.41. The molecule has 140 valence electrons. The number of aromatic nitrogens is 1. The predicted octanol–water partition coefficient (Wildman–Crippen LogP) is 2.71. The fourth-order valence-corrected chi connectivity index (χ4v) is 2.91. The number of nitrogens with zero attached hydrogens (tertiary/aromatic N) is 3. The third-order valence-electron chi connectivity index (χ3n) is 4.41. The molecule has 0 saturated carbocycles. The van der Waals surface area contributed by atoms with E-state index in [0.29, 0.717) is 0 Å². The molecule has 0 bridgehead atoms. The highest BCUT2D eigenvalue weighted by Crippen LogP contribution is 2.27. The summed E-state index contributed by atoms with van der Waals surface area (Å²) >= 11 is 0. The first-order chi connectivity index (χ1) is 13.1. The van der Waals surface area contributed by atoms with Crippen LogP contribution in [0, 0.1) is 5.92 Å². The summed E-state index contributed by atoms with van der Waals surface area (Å²) in [5, 5.41) is 7.41. The van der Waals surface area contributed by atoms with Gasteiger partial charge in [0.2, 0.25) is 5.91 Å². The van der Waals surface area contributed by atoms with Crippen molar-refractivity contribution in [3.63, 3.8) is 0 Å². The van der Waals surface area contributed by atoms with E-state index < -0.39 is 0 Å². The maximum absolute atomic E-state index is 11.6. The number of benzene rings is 1. The molecule has 27 heavy (non-hydrogen) atoms. The molecule has 2 heterocycles. The van der Waals surface area contributed by atoms with E-state index in [0.717, 1.165) is 42.2 Å². The first kappa shape index (κ1) is 18.8. The first-order valence-electron chi connectivity index (χ1n) is 9.24. The molecule has 0 aliphatic carbocycles. The zero-order chi connectivity index (χ0) is 19.1. The van der Waals surface area contributed by atoms with Crippen molar-refractivity contribution in [2.75, 3.05) is 13.1 Å². The number of aliphatic imine (C=N–C) groups is 1.